The molecule has 0 saturated carbocycles. The van der Waals surface area contributed by atoms with Crippen molar-refractivity contribution < 1.29 is 22.8 Å². The van der Waals surface area contributed by atoms with Gasteiger partial charge in [0.2, 0.25) is 11.8 Å². The predicted octanol–water partition coefficient (Wildman–Crippen LogP) is 1.95. The highest BCUT2D eigenvalue weighted by Crippen LogP contribution is 2.33. The highest BCUT2D eigenvalue weighted by atomic mass is 35.5. The van der Waals surface area contributed by atoms with Crippen molar-refractivity contribution in [2.75, 3.05) is 57.3 Å². The van der Waals surface area contributed by atoms with Crippen LogP contribution < -0.4 is 4.90 Å². The van der Waals surface area contributed by atoms with E-state index in [4.69, 9.17) is 11.6 Å². The van der Waals surface area contributed by atoms with Gasteiger partial charge < -0.3 is 14.7 Å². The Bertz CT molecular complexity index is 791. The van der Waals surface area contributed by atoms with Crippen LogP contribution in [0.25, 0.3) is 0 Å². The van der Waals surface area contributed by atoms with Gasteiger partial charge in [0, 0.05) is 65.5 Å². The molecule has 0 radical (unpaired) electrons. The second-order valence-electron chi connectivity index (χ2n) is 7.56. The average Bonchev–Trinajstić information content (AvgIpc) is 2.72. The van der Waals surface area contributed by atoms with Gasteiger partial charge in [0.05, 0.1) is 16.6 Å². The Morgan fingerprint density at radius 3 is 2.10 bits per heavy atom. The standard InChI is InChI=1S/C19H25ClF3N5O2/c1-13(18(30)28-9-5-26(6-10-28)14(2)29)25-3-7-27(8-4-25)17-16(20)11-15(12-24-17)19(21,22)23/h11-13H,3-10H2,1-2H3. The van der Waals surface area contributed by atoms with Crippen LogP contribution in [0.5, 0.6) is 0 Å². The van der Waals surface area contributed by atoms with Gasteiger partial charge in [0.25, 0.3) is 0 Å². The molecule has 2 amide bonds. The highest BCUT2D eigenvalue weighted by Gasteiger charge is 2.34. The van der Waals surface area contributed by atoms with Crippen LogP contribution in [-0.2, 0) is 15.8 Å². The second kappa shape index (κ2) is 8.97. The van der Waals surface area contributed by atoms with Crippen molar-refractivity contribution in [3.8, 4) is 0 Å². The van der Waals surface area contributed by atoms with Crippen LogP contribution in [0.1, 0.15) is 19.4 Å². The summed E-state index contributed by atoms with van der Waals surface area (Å²) in [6.45, 7) is 7.66. The van der Waals surface area contributed by atoms with Crippen molar-refractivity contribution in [1.29, 1.82) is 0 Å². The van der Waals surface area contributed by atoms with Crippen LogP contribution >= 0.6 is 11.6 Å². The lowest BCUT2D eigenvalue weighted by Crippen LogP contribution is -2.58. The van der Waals surface area contributed by atoms with Crippen LogP contribution in [0.4, 0.5) is 19.0 Å². The van der Waals surface area contributed by atoms with Crippen LogP contribution in [0.3, 0.4) is 0 Å². The molecule has 0 aliphatic carbocycles. The van der Waals surface area contributed by atoms with E-state index in [1.807, 2.05) is 16.7 Å². The topological polar surface area (TPSA) is 60.0 Å². The number of alkyl halides is 3. The third-order valence-electron chi connectivity index (χ3n) is 5.70. The minimum atomic E-state index is -4.49. The van der Waals surface area contributed by atoms with Gasteiger partial charge >= 0.3 is 6.18 Å². The average molecular weight is 448 g/mol. The minimum Gasteiger partial charge on any atom is -0.353 e. The van der Waals surface area contributed by atoms with E-state index in [0.29, 0.717) is 58.2 Å². The number of hydrogen-bond acceptors (Lipinski definition) is 5. The molecule has 2 aliphatic heterocycles. The number of pyridine rings is 1. The number of piperazine rings is 2. The van der Waals surface area contributed by atoms with Crippen molar-refractivity contribution >= 4 is 29.2 Å². The summed E-state index contributed by atoms with van der Waals surface area (Å²) >= 11 is 6.05. The van der Waals surface area contributed by atoms with Gasteiger partial charge in [0.15, 0.2) is 0 Å². The Morgan fingerprint density at radius 2 is 1.60 bits per heavy atom. The molecule has 0 bridgehead atoms. The molecule has 2 saturated heterocycles. The van der Waals surface area contributed by atoms with Gasteiger partial charge in [-0.05, 0) is 13.0 Å². The van der Waals surface area contributed by atoms with Crippen molar-refractivity contribution in [3.63, 3.8) is 0 Å². The maximum absolute atomic E-state index is 12.8. The molecule has 3 rings (SSSR count). The van der Waals surface area contributed by atoms with Crippen molar-refractivity contribution in [3.05, 3.63) is 22.8 Å². The van der Waals surface area contributed by atoms with Gasteiger partial charge in [-0.15, -0.1) is 0 Å². The Hall–Kier alpha value is -2.07. The quantitative estimate of drug-likeness (QED) is 0.709. The summed E-state index contributed by atoms with van der Waals surface area (Å²) in [5.74, 6) is 0.364. The molecule has 166 valence electrons. The molecule has 0 aromatic carbocycles. The third-order valence-corrected chi connectivity index (χ3v) is 5.98. The predicted molar refractivity (Wildman–Crippen MR) is 106 cm³/mol. The lowest BCUT2D eigenvalue weighted by molar-refractivity contribution is -0.142. The zero-order chi connectivity index (χ0) is 22.1. The summed E-state index contributed by atoms with van der Waals surface area (Å²) in [4.78, 5) is 35.6. The number of carbonyl (C=O) groups excluding carboxylic acids is 2. The van der Waals surface area contributed by atoms with E-state index in [-0.39, 0.29) is 22.9 Å². The summed E-state index contributed by atoms with van der Waals surface area (Å²) in [7, 11) is 0. The Morgan fingerprint density at radius 1 is 1.03 bits per heavy atom. The normalized spacial score (nSPS) is 19.7. The summed E-state index contributed by atoms with van der Waals surface area (Å²) in [5, 5.41) is -0.0363. The molecule has 0 spiro atoms. The smallest absolute Gasteiger partial charge is 0.353 e. The number of rotatable bonds is 3. The molecule has 7 nitrogen and oxygen atoms in total. The van der Waals surface area contributed by atoms with Crippen molar-refractivity contribution in [1.82, 2.24) is 19.7 Å². The lowest BCUT2D eigenvalue weighted by Gasteiger charge is -2.41. The third kappa shape index (κ3) is 4.97. The van der Waals surface area contributed by atoms with Gasteiger partial charge in [-0.1, -0.05) is 11.6 Å². The van der Waals surface area contributed by atoms with Crippen LogP contribution in [0, 0.1) is 0 Å². The number of carbonyl (C=O) groups is 2. The zero-order valence-corrected chi connectivity index (χ0v) is 17.7. The molecule has 2 fully saturated rings. The number of amides is 2. The van der Waals surface area contributed by atoms with E-state index in [9.17, 15) is 22.8 Å². The van der Waals surface area contributed by atoms with Crippen LogP contribution in [0.15, 0.2) is 12.3 Å². The SMILES string of the molecule is CC(=O)N1CCN(C(=O)C(C)N2CCN(c3ncc(C(F)(F)F)cc3Cl)CC2)CC1. The Labute approximate surface area is 178 Å². The van der Waals surface area contributed by atoms with E-state index in [1.54, 1.807) is 9.80 Å². The number of hydrogen-bond donors (Lipinski definition) is 0. The first-order valence-corrected chi connectivity index (χ1v) is 10.2. The fourth-order valence-electron chi connectivity index (χ4n) is 3.80. The first-order valence-electron chi connectivity index (χ1n) is 9.84. The van der Waals surface area contributed by atoms with E-state index >= 15 is 0 Å². The van der Waals surface area contributed by atoms with Crippen molar-refractivity contribution in [2.45, 2.75) is 26.1 Å². The number of anilines is 1. The fraction of sp³-hybridized carbons (Fsp3) is 0.632. The number of nitrogens with zero attached hydrogens (tertiary/aromatic N) is 5. The lowest BCUT2D eigenvalue weighted by atomic mass is 10.1. The Balaban J connectivity index is 1.55. The maximum Gasteiger partial charge on any atom is 0.417 e. The minimum absolute atomic E-state index is 0.0156. The van der Waals surface area contributed by atoms with E-state index in [1.165, 1.54) is 6.92 Å². The summed E-state index contributed by atoms with van der Waals surface area (Å²) in [6.07, 6.45) is -3.69. The number of aromatic nitrogens is 1. The summed E-state index contributed by atoms with van der Waals surface area (Å²) < 4.78 is 38.4. The summed E-state index contributed by atoms with van der Waals surface area (Å²) in [6, 6.07) is 0.579. The first-order chi connectivity index (χ1) is 14.1. The van der Waals surface area contributed by atoms with Gasteiger partial charge in [-0.2, -0.15) is 13.2 Å². The van der Waals surface area contributed by atoms with E-state index < -0.39 is 11.7 Å². The maximum atomic E-state index is 12.8. The molecule has 30 heavy (non-hydrogen) atoms. The molecule has 3 heterocycles. The molecule has 1 unspecified atom stereocenters. The largest absolute Gasteiger partial charge is 0.417 e. The number of halogens is 4. The monoisotopic (exact) mass is 447 g/mol. The fourth-order valence-corrected chi connectivity index (χ4v) is 4.09. The van der Waals surface area contributed by atoms with Gasteiger partial charge in [-0.3, -0.25) is 14.5 Å². The van der Waals surface area contributed by atoms with Gasteiger partial charge in [0.1, 0.15) is 5.82 Å². The first kappa shape index (κ1) is 22.6. The molecule has 0 N–H and O–H groups in total. The molecule has 11 heteroatoms. The van der Waals surface area contributed by atoms with Gasteiger partial charge in [-0.25, -0.2) is 4.98 Å². The highest BCUT2D eigenvalue weighted by molar-refractivity contribution is 6.33. The Kier molecular flexibility index (Phi) is 6.76. The van der Waals surface area contributed by atoms with Crippen LogP contribution in [0.2, 0.25) is 5.02 Å². The molecule has 1 aromatic rings. The molecular formula is C19H25ClF3N5O2. The molecular weight excluding hydrogens is 423 g/mol. The molecule has 1 aromatic heterocycles. The molecule has 1 atom stereocenters. The van der Waals surface area contributed by atoms with E-state index in [2.05, 4.69) is 4.98 Å². The van der Waals surface area contributed by atoms with Crippen molar-refractivity contribution in [2.24, 2.45) is 0 Å². The van der Waals surface area contributed by atoms with E-state index in [0.717, 1.165) is 12.3 Å². The van der Waals surface area contributed by atoms with Crippen LogP contribution in [-0.4, -0.2) is 89.9 Å². The molecule has 2 aliphatic rings. The summed E-state index contributed by atoms with van der Waals surface area (Å²) in [5.41, 5.74) is -0.876. The zero-order valence-electron chi connectivity index (χ0n) is 17.0. The second-order valence-corrected chi connectivity index (χ2v) is 7.96.